The predicted molar refractivity (Wildman–Crippen MR) is 144 cm³/mol. The van der Waals surface area contributed by atoms with E-state index in [-0.39, 0.29) is 19.3 Å². The van der Waals surface area contributed by atoms with Crippen LogP contribution in [0.15, 0.2) is 24.8 Å². The molecule has 7 heterocycles. The molecule has 15 nitrogen and oxygen atoms in total. The van der Waals surface area contributed by atoms with E-state index in [1.54, 1.807) is 0 Å². The first-order valence-electron chi connectivity index (χ1n) is 13.9. The lowest BCUT2D eigenvalue weighted by atomic mass is 9.90. The van der Waals surface area contributed by atoms with Crippen LogP contribution in [0.2, 0.25) is 0 Å². The zero-order valence-corrected chi connectivity index (χ0v) is 22.4. The Kier molecular flexibility index (Phi) is 7.10. The molecule has 0 aliphatic carbocycles. The van der Waals surface area contributed by atoms with Crippen LogP contribution in [0.5, 0.6) is 0 Å². The third-order valence-corrected chi connectivity index (χ3v) is 8.35. The summed E-state index contributed by atoms with van der Waals surface area (Å²) in [7, 11) is 0. The lowest BCUT2D eigenvalue weighted by molar-refractivity contribution is -0.0697. The monoisotopic (exact) mass is 570 g/mol. The van der Waals surface area contributed by atoms with Crippen molar-refractivity contribution in [2.24, 2.45) is 5.92 Å². The second-order valence-corrected chi connectivity index (χ2v) is 10.9. The summed E-state index contributed by atoms with van der Waals surface area (Å²) in [5, 5.41) is 45.9. The second-order valence-electron chi connectivity index (χ2n) is 10.9. The molecule has 10 atom stereocenters. The minimum atomic E-state index is -1.17. The van der Waals surface area contributed by atoms with Gasteiger partial charge in [0.2, 0.25) is 0 Å². The van der Waals surface area contributed by atoms with Crippen LogP contribution in [-0.4, -0.2) is 105 Å². The molecule has 220 valence electrons. The third kappa shape index (κ3) is 4.86. The van der Waals surface area contributed by atoms with Crippen LogP contribution in [0.4, 0.5) is 23.3 Å². The molecular weight excluding hydrogens is 536 g/mol. The molecule has 15 heteroatoms. The van der Waals surface area contributed by atoms with Crippen LogP contribution >= 0.6 is 0 Å². The lowest BCUT2D eigenvalue weighted by Gasteiger charge is -2.31. The highest BCUT2D eigenvalue weighted by Gasteiger charge is 2.49. The van der Waals surface area contributed by atoms with Gasteiger partial charge in [0.05, 0.1) is 42.7 Å². The molecule has 0 saturated carbocycles. The first-order chi connectivity index (χ1) is 20.0. The van der Waals surface area contributed by atoms with Crippen molar-refractivity contribution in [2.75, 3.05) is 47.6 Å². The zero-order chi connectivity index (χ0) is 28.1. The Morgan fingerprint density at radius 3 is 2.05 bits per heavy atom. The van der Waals surface area contributed by atoms with Crippen LogP contribution in [0, 0.1) is 5.92 Å². The van der Waals surface area contributed by atoms with E-state index in [9.17, 15) is 15.3 Å². The largest absolute Gasteiger partial charge is 0.390 e. The highest BCUT2D eigenvalue weighted by atomic mass is 16.6. The van der Waals surface area contributed by atoms with E-state index in [2.05, 4.69) is 41.2 Å². The van der Waals surface area contributed by atoms with Crippen molar-refractivity contribution in [3.05, 3.63) is 35.9 Å². The van der Waals surface area contributed by atoms with Crippen LogP contribution in [0.1, 0.15) is 36.7 Å². The fraction of sp³-hybridized carbons (Fsp3) is 0.615. The van der Waals surface area contributed by atoms with Gasteiger partial charge in [-0.25, -0.2) is 19.9 Å². The minimum absolute atomic E-state index is 0.00562. The van der Waals surface area contributed by atoms with Crippen LogP contribution < -0.4 is 21.3 Å². The van der Waals surface area contributed by atoms with Gasteiger partial charge in [0, 0.05) is 19.0 Å². The summed E-state index contributed by atoms with van der Waals surface area (Å²) in [6.45, 7) is 3.08. The highest BCUT2D eigenvalue weighted by Crippen LogP contribution is 2.43. The Bertz CT molecular complexity index is 1300. The van der Waals surface area contributed by atoms with Crippen molar-refractivity contribution < 1.29 is 34.3 Å². The summed E-state index contributed by atoms with van der Waals surface area (Å²) in [6.07, 6.45) is 0.111. The summed E-state index contributed by atoms with van der Waals surface area (Å²) in [4.78, 5) is 17.9. The van der Waals surface area contributed by atoms with Crippen molar-refractivity contribution in [1.29, 1.82) is 0 Å². The zero-order valence-electron chi connectivity index (χ0n) is 22.4. The quantitative estimate of drug-likeness (QED) is 0.207. The van der Waals surface area contributed by atoms with Crippen molar-refractivity contribution in [3.63, 3.8) is 0 Å². The number of rotatable bonds is 0. The van der Waals surface area contributed by atoms with Gasteiger partial charge in [0.1, 0.15) is 66.6 Å². The van der Waals surface area contributed by atoms with Gasteiger partial charge in [-0.1, -0.05) is 12.2 Å². The van der Waals surface area contributed by atoms with Gasteiger partial charge in [0.25, 0.3) is 0 Å². The van der Waals surface area contributed by atoms with E-state index in [1.807, 2.05) is 19.1 Å². The third-order valence-electron chi connectivity index (χ3n) is 8.35. The Labute approximate surface area is 235 Å². The Morgan fingerprint density at radius 1 is 0.707 bits per heavy atom. The van der Waals surface area contributed by atoms with E-state index in [4.69, 9.17) is 18.9 Å². The molecule has 2 saturated heterocycles. The number of hydrogen-bond donors (Lipinski definition) is 7. The average molecular weight is 571 g/mol. The number of anilines is 4. The fourth-order valence-electron chi connectivity index (χ4n) is 6.16. The van der Waals surface area contributed by atoms with Crippen molar-refractivity contribution in [2.45, 2.75) is 68.5 Å². The highest BCUT2D eigenvalue weighted by molar-refractivity contribution is 5.61. The SMILES string of the molecule is CC1OC[C@H]2O[C@H]3Nc4ncnc(c41)NC/C=C/CNc1ncnc4c1C(C[C@@H]3[C@@H]2O)OC[C@H]1O[C@@H](N4)[C@H](O)[C@@H]1O. The number of nitrogens with one attached hydrogen (secondary N) is 4. The number of nitrogens with zero attached hydrogens (tertiary/aromatic N) is 4. The van der Waals surface area contributed by atoms with Gasteiger partial charge in [-0.3, -0.25) is 0 Å². The summed E-state index contributed by atoms with van der Waals surface area (Å²) >= 11 is 0. The maximum Gasteiger partial charge on any atom is 0.158 e. The van der Waals surface area contributed by atoms with Gasteiger partial charge >= 0.3 is 0 Å². The van der Waals surface area contributed by atoms with Crippen LogP contribution in [0.25, 0.3) is 0 Å². The number of hydrogen-bond acceptors (Lipinski definition) is 15. The van der Waals surface area contributed by atoms with Gasteiger partial charge in [-0.15, -0.1) is 0 Å². The number of aliphatic hydroxyl groups is 3. The maximum absolute atomic E-state index is 11.5. The molecule has 5 aliphatic rings. The number of aliphatic hydroxyl groups excluding tert-OH is 3. The van der Waals surface area contributed by atoms with Crippen molar-refractivity contribution in [3.8, 4) is 0 Å². The Hall–Kier alpha value is -3.18. The van der Waals surface area contributed by atoms with Gasteiger partial charge in [-0.2, -0.15) is 0 Å². The Balaban J connectivity index is 1.31. The summed E-state index contributed by atoms with van der Waals surface area (Å²) in [5.74, 6) is 1.69. The predicted octanol–water partition coefficient (Wildman–Crippen LogP) is -0.114. The van der Waals surface area contributed by atoms with Gasteiger partial charge in [-0.05, 0) is 13.3 Å². The molecule has 2 aromatic heterocycles. The summed E-state index contributed by atoms with van der Waals surface area (Å²) in [5.41, 5.74) is 1.40. The number of ether oxygens (including phenoxy) is 4. The minimum Gasteiger partial charge on any atom is -0.390 e. The van der Waals surface area contributed by atoms with Crippen molar-refractivity contribution >= 4 is 23.3 Å². The molecule has 41 heavy (non-hydrogen) atoms. The topological polar surface area (TPSA) is 197 Å². The second kappa shape index (κ2) is 10.9. The molecule has 2 aromatic rings. The van der Waals surface area contributed by atoms with E-state index >= 15 is 0 Å². The van der Waals surface area contributed by atoms with E-state index in [0.29, 0.717) is 48.3 Å². The molecule has 5 aliphatic heterocycles. The normalized spacial score (nSPS) is 38.8. The maximum atomic E-state index is 11.5. The number of fused-ring (bicyclic) bond motifs is 3. The average Bonchev–Trinajstić information content (AvgIpc) is 3.45. The molecule has 0 spiro atoms. The summed E-state index contributed by atoms with van der Waals surface area (Å²) < 4.78 is 24.8. The molecule has 7 N–H and O–H groups in total. The van der Waals surface area contributed by atoms with Crippen LogP contribution in [-0.2, 0) is 18.9 Å². The van der Waals surface area contributed by atoms with E-state index in [0.717, 1.165) is 5.56 Å². The molecule has 2 fully saturated rings. The molecule has 0 radical (unpaired) electrons. The van der Waals surface area contributed by atoms with Gasteiger partial charge in [0.15, 0.2) is 6.23 Å². The molecule has 0 aromatic carbocycles. The molecular formula is C26H34N8O7. The summed E-state index contributed by atoms with van der Waals surface area (Å²) in [6, 6.07) is 0. The standard InChI is InChI=1S/C26H34N8O7/c1-11-16-21-27-4-2-3-5-28-22-17-13(39-8-15-19(36)20(37)26(41-15)34-24(17)32-10-30-22)6-12-18(35)14(7-38-11)40-25(12)33-23(16)31-9-29-21/h2-3,9-15,18-20,25-26,35-37H,4-8H2,1H3,(H2,27,29,31,33)(H2,28,30,32,34)/b3-2+/t11?,12-,13?,14-,15-,18+,19-,20-,25-,26-/m1/s1. The van der Waals surface area contributed by atoms with E-state index < -0.39 is 55.0 Å². The number of aromatic nitrogens is 4. The molecule has 0 amide bonds. The first kappa shape index (κ1) is 26.7. The smallest absolute Gasteiger partial charge is 0.158 e. The lowest BCUT2D eigenvalue weighted by Crippen LogP contribution is -2.39. The molecule has 7 bridgehead atoms. The van der Waals surface area contributed by atoms with Gasteiger partial charge < -0.3 is 55.5 Å². The fourth-order valence-corrected chi connectivity index (χ4v) is 6.16. The van der Waals surface area contributed by atoms with Crippen LogP contribution in [0.3, 0.4) is 0 Å². The molecule has 2 unspecified atom stereocenters. The Morgan fingerprint density at radius 2 is 1.29 bits per heavy atom. The first-order valence-corrected chi connectivity index (χ1v) is 13.9. The van der Waals surface area contributed by atoms with E-state index in [1.165, 1.54) is 12.7 Å². The molecule has 7 rings (SSSR count). The van der Waals surface area contributed by atoms with Crippen molar-refractivity contribution in [1.82, 2.24) is 19.9 Å².